The largest absolute Gasteiger partial charge is 0.319 e. The van der Waals surface area contributed by atoms with Gasteiger partial charge in [-0.05, 0) is 54.0 Å². The van der Waals surface area contributed by atoms with Crippen LogP contribution in [-0.4, -0.2) is 18.6 Å². The molecule has 1 rings (SSSR count). The maximum absolute atomic E-state index is 4.37. The van der Waals surface area contributed by atoms with Crippen LogP contribution in [0.25, 0.3) is 0 Å². The number of hydrogen-bond acceptors (Lipinski definition) is 2. The van der Waals surface area contributed by atoms with Crippen molar-refractivity contribution in [1.82, 2.24) is 10.3 Å². The number of pyridine rings is 1. The number of aromatic nitrogens is 1. The highest BCUT2D eigenvalue weighted by Gasteiger charge is 2.06. The predicted molar refractivity (Wildman–Crippen MR) is 63.3 cm³/mol. The van der Waals surface area contributed by atoms with E-state index in [2.05, 4.69) is 45.3 Å². The number of nitrogens with zero attached hydrogens (tertiary/aromatic N) is 1. The molecule has 0 aliphatic heterocycles. The molecule has 0 aliphatic carbocycles. The molecule has 0 spiro atoms. The summed E-state index contributed by atoms with van der Waals surface area (Å²) >= 11 is 3.38. The molecular weight excluding hydrogens is 240 g/mol. The molecule has 0 aliphatic rings. The van der Waals surface area contributed by atoms with Crippen molar-refractivity contribution < 1.29 is 0 Å². The Hall–Kier alpha value is -0.410. The third-order valence-corrected chi connectivity index (χ3v) is 2.83. The van der Waals surface area contributed by atoms with Gasteiger partial charge in [-0.2, -0.15) is 0 Å². The van der Waals surface area contributed by atoms with Crippen LogP contribution >= 0.6 is 15.9 Å². The van der Waals surface area contributed by atoms with Gasteiger partial charge in [-0.1, -0.05) is 13.3 Å². The van der Waals surface area contributed by atoms with E-state index >= 15 is 0 Å². The van der Waals surface area contributed by atoms with Crippen molar-refractivity contribution in [2.45, 2.75) is 19.8 Å². The van der Waals surface area contributed by atoms with Crippen molar-refractivity contribution in [3.8, 4) is 0 Å². The fourth-order valence-corrected chi connectivity index (χ4v) is 1.71. The van der Waals surface area contributed by atoms with Crippen LogP contribution in [0.3, 0.4) is 0 Å². The summed E-state index contributed by atoms with van der Waals surface area (Å²) in [5.74, 6) is 0.689. The molecule has 1 N–H and O–H groups in total. The topological polar surface area (TPSA) is 24.9 Å². The monoisotopic (exact) mass is 256 g/mol. The van der Waals surface area contributed by atoms with Gasteiger partial charge in [-0.3, -0.25) is 4.98 Å². The number of nitrogens with one attached hydrogen (secondary N) is 1. The van der Waals surface area contributed by atoms with Gasteiger partial charge in [0.25, 0.3) is 0 Å². The van der Waals surface area contributed by atoms with Crippen molar-refractivity contribution in [2.24, 2.45) is 5.92 Å². The van der Waals surface area contributed by atoms with Crippen molar-refractivity contribution in [2.75, 3.05) is 13.6 Å². The molecule has 0 fully saturated rings. The van der Waals surface area contributed by atoms with Crippen LogP contribution in [0.15, 0.2) is 22.8 Å². The first-order valence-electron chi connectivity index (χ1n) is 5.01. The molecule has 0 saturated carbocycles. The zero-order chi connectivity index (χ0) is 10.4. The van der Waals surface area contributed by atoms with Crippen molar-refractivity contribution in [3.63, 3.8) is 0 Å². The van der Waals surface area contributed by atoms with Crippen LogP contribution < -0.4 is 5.32 Å². The van der Waals surface area contributed by atoms with Crippen molar-refractivity contribution in [1.29, 1.82) is 0 Å². The molecule has 3 heteroatoms. The molecule has 14 heavy (non-hydrogen) atoms. The van der Waals surface area contributed by atoms with Crippen LogP contribution in [-0.2, 0) is 6.42 Å². The Bertz CT molecular complexity index is 258. The van der Waals surface area contributed by atoms with E-state index in [0.29, 0.717) is 5.92 Å². The first kappa shape index (κ1) is 11.7. The van der Waals surface area contributed by atoms with E-state index in [9.17, 15) is 0 Å². The van der Waals surface area contributed by atoms with E-state index < -0.39 is 0 Å². The molecule has 1 atom stereocenters. The predicted octanol–water partition coefficient (Wildman–Crippen LogP) is 2.63. The fourth-order valence-electron chi connectivity index (χ4n) is 1.47. The van der Waals surface area contributed by atoms with Crippen molar-refractivity contribution in [3.05, 3.63) is 28.5 Å². The lowest BCUT2D eigenvalue weighted by molar-refractivity contribution is 0.476. The maximum atomic E-state index is 4.37. The average molecular weight is 257 g/mol. The second kappa shape index (κ2) is 6.14. The normalized spacial score (nSPS) is 12.8. The summed E-state index contributed by atoms with van der Waals surface area (Å²) in [7, 11) is 2.00. The number of hydrogen-bond donors (Lipinski definition) is 1. The smallest absolute Gasteiger partial charge is 0.0413 e. The average Bonchev–Trinajstić information content (AvgIpc) is 2.20. The van der Waals surface area contributed by atoms with Crippen molar-refractivity contribution >= 4 is 15.9 Å². The highest BCUT2D eigenvalue weighted by Crippen LogP contribution is 2.12. The molecule has 0 bridgehead atoms. The second-order valence-electron chi connectivity index (χ2n) is 3.50. The zero-order valence-electron chi connectivity index (χ0n) is 8.76. The fraction of sp³-hybridized carbons (Fsp3) is 0.545. The lowest BCUT2D eigenvalue weighted by Crippen LogP contribution is -2.20. The van der Waals surface area contributed by atoms with E-state index in [1.165, 1.54) is 12.1 Å². The van der Waals surface area contributed by atoms with Crippen LogP contribution in [0.4, 0.5) is 0 Å². The minimum atomic E-state index is 0.689. The SMILES string of the molecule is CCC(CNC)Cc1ccc(Br)cn1. The summed E-state index contributed by atoms with van der Waals surface area (Å²) in [5, 5.41) is 3.21. The standard InChI is InChI=1S/C11H17BrN2/c1-3-9(7-13-2)6-11-5-4-10(12)8-14-11/h4-5,8-9,13H,3,6-7H2,1-2H3. The molecule has 0 aromatic carbocycles. The van der Waals surface area contributed by atoms with Gasteiger partial charge in [0, 0.05) is 16.4 Å². The molecule has 1 aromatic rings. The summed E-state index contributed by atoms with van der Waals surface area (Å²) in [6.45, 7) is 3.29. The van der Waals surface area contributed by atoms with Crippen LogP contribution in [0.2, 0.25) is 0 Å². The van der Waals surface area contributed by atoms with Crippen LogP contribution in [0.5, 0.6) is 0 Å². The van der Waals surface area contributed by atoms with E-state index in [4.69, 9.17) is 0 Å². The Kier molecular flexibility index (Phi) is 5.12. The summed E-state index contributed by atoms with van der Waals surface area (Å²) in [6.07, 6.45) is 4.12. The lowest BCUT2D eigenvalue weighted by Gasteiger charge is -2.13. The Labute approximate surface area is 94.3 Å². The Morgan fingerprint density at radius 1 is 1.50 bits per heavy atom. The summed E-state index contributed by atoms with van der Waals surface area (Å²) in [5.41, 5.74) is 1.18. The summed E-state index contributed by atoms with van der Waals surface area (Å²) in [4.78, 5) is 4.37. The maximum Gasteiger partial charge on any atom is 0.0413 e. The van der Waals surface area contributed by atoms with Crippen LogP contribution in [0.1, 0.15) is 19.0 Å². The molecule has 0 saturated heterocycles. The highest BCUT2D eigenvalue weighted by atomic mass is 79.9. The Morgan fingerprint density at radius 3 is 2.79 bits per heavy atom. The van der Waals surface area contributed by atoms with E-state index in [-0.39, 0.29) is 0 Å². The summed E-state index contributed by atoms with van der Waals surface area (Å²) < 4.78 is 1.04. The molecule has 0 amide bonds. The van der Waals surface area contributed by atoms with Gasteiger partial charge in [0.15, 0.2) is 0 Å². The van der Waals surface area contributed by atoms with Gasteiger partial charge < -0.3 is 5.32 Å². The van der Waals surface area contributed by atoms with E-state index in [1.54, 1.807) is 0 Å². The molecule has 1 unspecified atom stereocenters. The molecule has 0 radical (unpaired) electrons. The van der Waals surface area contributed by atoms with E-state index in [1.807, 2.05) is 13.2 Å². The number of halogens is 1. The van der Waals surface area contributed by atoms with E-state index in [0.717, 1.165) is 17.4 Å². The van der Waals surface area contributed by atoms with Gasteiger partial charge in [0.2, 0.25) is 0 Å². The van der Waals surface area contributed by atoms with Gasteiger partial charge in [0.05, 0.1) is 0 Å². The summed E-state index contributed by atoms with van der Waals surface area (Å²) in [6, 6.07) is 4.14. The minimum Gasteiger partial charge on any atom is -0.319 e. The molecule has 1 heterocycles. The Morgan fingerprint density at radius 2 is 2.29 bits per heavy atom. The third kappa shape index (κ3) is 3.76. The first-order chi connectivity index (χ1) is 6.76. The minimum absolute atomic E-state index is 0.689. The molecule has 1 aromatic heterocycles. The molecule has 78 valence electrons. The first-order valence-corrected chi connectivity index (χ1v) is 5.80. The second-order valence-corrected chi connectivity index (χ2v) is 4.42. The van der Waals surface area contributed by atoms with Gasteiger partial charge >= 0.3 is 0 Å². The highest BCUT2D eigenvalue weighted by molar-refractivity contribution is 9.10. The molecule has 2 nitrogen and oxygen atoms in total. The zero-order valence-corrected chi connectivity index (χ0v) is 10.3. The van der Waals surface area contributed by atoms with Gasteiger partial charge in [0.1, 0.15) is 0 Å². The Balaban J connectivity index is 2.53. The lowest BCUT2D eigenvalue weighted by atomic mass is 10.00. The third-order valence-electron chi connectivity index (χ3n) is 2.36. The quantitative estimate of drug-likeness (QED) is 0.877. The van der Waals surface area contributed by atoms with Gasteiger partial charge in [-0.15, -0.1) is 0 Å². The number of rotatable bonds is 5. The van der Waals surface area contributed by atoms with Gasteiger partial charge in [-0.25, -0.2) is 0 Å². The van der Waals surface area contributed by atoms with Crippen LogP contribution in [0, 0.1) is 5.92 Å². The molecular formula is C11H17BrN2.